The minimum Gasteiger partial charge on any atom is -0.392 e. The van der Waals surface area contributed by atoms with E-state index < -0.39 is 0 Å². The lowest BCUT2D eigenvalue weighted by Gasteiger charge is -2.18. The molecule has 1 aromatic carbocycles. The molecular formula is C28H35NO. The molecule has 0 saturated heterocycles. The second kappa shape index (κ2) is 10.2. The third-order valence-corrected chi connectivity index (χ3v) is 6.90. The smallest absolute Gasteiger partial charge is 0.0611 e. The van der Waals surface area contributed by atoms with Crippen LogP contribution in [0.1, 0.15) is 55.3 Å². The molecule has 0 amide bonds. The zero-order valence-electron chi connectivity index (χ0n) is 18.2. The Hall–Kier alpha value is -2.19. The van der Waals surface area contributed by atoms with Crippen LogP contribution in [-0.4, -0.2) is 16.2 Å². The van der Waals surface area contributed by atoms with E-state index in [-0.39, 0.29) is 6.10 Å². The van der Waals surface area contributed by atoms with E-state index in [1.165, 1.54) is 42.5 Å². The van der Waals surface area contributed by atoms with Gasteiger partial charge in [-0.2, -0.15) is 0 Å². The Bertz CT molecular complexity index is 869. The van der Waals surface area contributed by atoms with Gasteiger partial charge in [-0.25, -0.2) is 0 Å². The van der Waals surface area contributed by atoms with Crippen LogP contribution < -0.4 is 0 Å². The first kappa shape index (κ1) is 21.1. The molecule has 0 radical (unpaired) electrons. The minimum atomic E-state index is -0.169. The van der Waals surface area contributed by atoms with Gasteiger partial charge in [-0.15, -0.1) is 0 Å². The highest BCUT2D eigenvalue weighted by Gasteiger charge is 2.42. The van der Waals surface area contributed by atoms with Crippen molar-refractivity contribution in [2.45, 2.75) is 64.4 Å². The fourth-order valence-corrected chi connectivity index (χ4v) is 5.37. The standard InChI is InChI=1S/C28H35NO/c1-21-9-8-12-22(17-21)10-3-5-15-26-27-19-23(18-24(27)20-28(26)30)11-2-4-13-25-14-6-7-16-29-25/h5-9,12,14-18,24,26-28,30H,2-4,10-11,13,19-20H2,1H3/t24-,26+,27-,28+/m0/s1. The molecule has 1 heterocycles. The second-order valence-electron chi connectivity index (χ2n) is 9.22. The predicted molar refractivity (Wildman–Crippen MR) is 124 cm³/mol. The molecular weight excluding hydrogens is 366 g/mol. The molecule has 2 nitrogen and oxygen atoms in total. The van der Waals surface area contributed by atoms with Crippen molar-refractivity contribution in [1.82, 2.24) is 4.98 Å². The predicted octanol–water partition coefficient (Wildman–Crippen LogP) is 6.24. The van der Waals surface area contributed by atoms with Crippen LogP contribution in [0.15, 0.2) is 72.5 Å². The average Bonchev–Trinajstić information content (AvgIpc) is 3.26. The monoisotopic (exact) mass is 401 g/mol. The number of unbranched alkanes of at least 4 members (excludes halogenated alkanes) is 1. The Labute approximate surface area is 181 Å². The molecule has 2 aliphatic carbocycles. The van der Waals surface area contributed by atoms with Crippen LogP contribution in [0.25, 0.3) is 0 Å². The van der Waals surface area contributed by atoms with E-state index >= 15 is 0 Å². The molecule has 2 aromatic rings. The minimum absolute atomic E-state index is 0.169. The van der Waals surface area contributed by atoms with Crippen LogP contribution in [0.5, 0.6) is 0 Å². The number of aliphatic hydroxyl groups excluding tert-OH is 1. The van der Waals surface area contributed by atoms with Gasteiger partial charge in [0, 0.05) is 17.8 Å². The summed E-state index contributed by atoms with van der Waals surface area (Å²) in [6, 6.07) is 14.9. The number of hydrogen-bond donors (Lipinski definition) is 1. The summed E-state index contributed by atoms with van der Waals surface area (Å²) in [7, 11) is 0. The summed E-state index contributed by atoms with van der Waals surface area (Å²) in [5.41, 5.74) is 5.56. The normalized spacial score (nSPS) is 25.6. The van der Waals surface area contributed by atoms with E-state index in [1.54, 1.807) is 5.57 Å². The van der Waals surface area contributed by atoms with Crippen LogP contribution in [-0.2, 0) is 12.8 Å². The largest absolute Gasteiger partial charge is 0.392 e. The number of rotatable bonds is 9. The van der Waals surface area contributed by atoms with Crippen molar-refractivity contribution in [2.24, 2.45) is 17.8 Å². The van der Waals surface area contributed by atoms with Crippen LogP contribution in [0.4, 0.5) is 0 Å². The number of nitrogens with zero attached hydrogens (tertiary/aromatic N) is 1. The molecule has 1 saturated carbocycles. The maximum atomic E-state index is 10.6. The molecule has 0 aliphatic heterocycles. The van der Waals surface area contributed by atoms with Crippen molar-refractivity contribution in [2.75, 3.05) is 0 Å². The third kappa shape index (κ3) is 5.49. The summed E-state index contributed by atoms with van der Waals surface area (Å²) in [5.74, 6) is 1.52. The third-order valence-electron chi connectivity index (χ3n) is 6.90. The Balaban J connectivity index is 1.21. The molecule has 2 aliphatic rings. The molecule has 1 N–H and O–H groups in total. The van der Waals surface area contributed by atoms with Crippen molar-refractivity contribution in [3.8, 4) is 0 Å². The highest BCUT2D eigenvalue weighted by atomic mass is 16.3. The number of fused-ring (bicyclic) bond motifs is 1. The van der Waals surface area contributed by atoms with Crippen LogP contribution >= 0.6 is 0 Å². The van der Waals surface area contributed by atoms with Crippen molar-refractivity contribution in [3.05, 3.63) is 89.3 Å². The van der Waals surface area contributed by atoms with Gasteiger partial charge in [-0.3, -0.25) is 4.98 Å². The second-order valence-corrected chi connectivity index (χ2v) is 9.22. The summed E-state index contributed by atoms with van der Waals surface area (Å²) in [5, 5.41) is 10.6. The van der Waals surface area contributed by atoms with Gasteiger partial charge in [0.2, 0.25) is 0 Å². The fraction of sp³-hybridized carbons (Fsp3) is 0.464. The maximum absolute atomic E-state index is 10.6. The first-order valence-corrected chi connectivity index (χ1v) is 11.7. The van der Waals surface area contributed by atoms with Crippen LogP contribution in [0.3, 0.4) is 0 Å². The zero-order chi connectivity index (χ0) is 20.8. The van der Waals surface area contributed by atoms with Gasteiger partial charge in [0.25, 0.3) is 0 Å². The summed E-state index contributed by atoms with van der Waals surface area (Å²) < 4.78 is 0. The van der Waals surface area contributed by atoms with Crippen LogP contribution in [0.2, 0.25) is 0 Å². The lowest BCUT2D eigenvalue weighted by atomic mass is 9.88. The molecule has 0 unspecified atom stereocenters. The number of aryl methyl sites for hydroxylation is 3. The molecule has 30 heavy (non-hydrogen) atoms. The number of aliphatic hydroxyl groups is 1. The Morgan fingerprint density at radius 3 is 2.80 bits per heavy atom. The number of hydrogen-bond acceptors (Lipinski definition) is 2. The number of pyridine rings is 1. The fourth-order valence-electron chi connectivity index (χ4n) is 5.37. The number of aromatic nitrogens is 1. The molecule has 4 atom stereocenters. The van der Waals surface area contributed by atoms with Crippen molar-refractivity contribution >= 4 is 0 Å². The number of allylic oxidation sites excluding steroid dienone is 3. The van der Waals surface area contributed by atoms with Crippen LogP contribution in [0, 0.1) is 24.7 Å². The molecule has 0 spiro atoms. The lowest BCUT2D eigenvalue weighted by Crippen LogP contribution is -2.17. The molecule has 0 bridgehead atoms. The first-order valence-electron chi connectivity index (χ1n) is 11.7. The highest BCUT2D eigenvalue weighted by molar-refractivity contribution is 5.23. The molecule has 1 aromatic heterocycles. The highest BCUT2D eigenvalue weighted by Crippen LogP contribution is 2.48. The van der Waals surface area contributed by atoms with E-state index in [0.29, 0.717) is 17.8 Å². The van der Waals surface area contributed by atoms with Crippen molar-refractivity contribution in [3.63, 3.8) is 0 Å². The van der Waals surface area contributed by atoms with E-state index in [1.807, 2.05) is 12.3 Å². The Morgan fingerprint density at radius 1 is 1.07 bits per heavy atom. The zero-order valence-corrected chi connectivity index (χ0v) is 18.2. The van der Waals surface area contributed by atoms with E-state index in [0.717, 1.165) is 25.7 Å². The summed E-state index contributed by atoms with van der Waals surface area (Å²) in [6.07, 6.45) is 17.8. The van der Waals surface area contributed by atoms with E-state index in [2.05, 4.69) is 66.5 Å². The number of benzene rings is 1. The summed E-state index contributed by atoms with van der Waals surface area (Å²) >= 11 is 0. The van der Waals surface area contributed by atoms with Gasteiger partial charge in [-0.05, 0) is 87.8 Å². The molecule has 158 valence electrons. The SMILES string of the molecule is Cc1cccc(CCC=C[C@@H]2[C@H]3CC(CCCCc4ccccn4)=C[C@H]3C[C@H]2O)c1. The van der Waals surface area contributed by atoms with Gasteiger partial charge in [0.05, 0.1) is 6.10 Å². The maximum Gasteiger partial charge on any atom is 0.0611 e. The lowest BCUT2D eigenvalue weighted by molar-refractivity contribution is 0.141. The molecule has 4 rings (SSSR count). The first-order chi connectivity index (χ1) is 14.7. The van der Waals surface area contributed by atoms with Gasteiger partial charge < -0.3 is 5.11 Å². The van der Waals surface area contributed by atoms with Gasteiger partial charge in [0.1, 0.15) is 0 Å². The molecule has 1 fully saturated rings. The van der Waals surface area contributed by atoms with Crippen molar-refractivity contribution in [1.29, 1.82) is 0 Å². The Morgan fingerprint density at radius 2 is 1.97 bits per heavy atom. The van der Waals surface area contributed by atoms with Gasteiger partial charge in [0.15, 0.2) is 0 Å². The average molecular weight is 402 g/mol. The molecule has 2 heteroatoms. The van der Waals surface area contributed by atoms with E-state index in [9.17, 15) is 5.11 Å². The van der Waals surface area contributed by atoms with Gasteiger partial charge >= 0.3 is 0 Å². The quantitative estimate of drug-likeness (QED) is 0.399. The summed E-state index contributed by atoms with van der Waals surface area (Å²) in [6.45, 7) is 2.15. The summed E-state index contributed by atoms with van der Waals surface area (Å²) in [4.78, 5) is 4.42. The van der Waals surface area contributed by atoms with E-state index in [4.69, 9.17) is 0 Å². The Kier molecular flexibility index (Phi) is 7.17. The van der Waals surface area contributed by atoms with Crippen molar-refractivity contribution < 1.29 is 5.11 Å². The topological polar surface area (TPSA) is 33.1 Å². The van der Waals surface area contributed by atoms with Gasteiger partial charge in [-0.1, -0.05) is 59.7 Å².